The SMILES string of the molecule is CCCNC(CCOCC(F)F)c1sc(C)cc1Br. The van der Waals surface area contributed by atoms with E-state index in [1.165, 1.54) is 9.75 Å². The van der Waals surface area contributed by atoms with Crippen molar-refractivity contribution in [1.82, 2.24) is 5.32 Å². The molecular formula is C13H20BrF2NOS. The molecule has 6 heteroatoms. The van der Waals surface area contributed by atoms with Gasteiger partial charge in [0.25, 0.3) is 6.43 Å². The molecule has 0 aromatic carbocycles. The zero-order valence-electron chi connectivity index (χ0n) is 11.2. The zero-order chi connectivity index (χ0) is 14.3. The third-order valence-corrected chi connectivity index (χ3v) is 4.67. The van der Waals surface area contributed by atoms with Crippen LogP contribution in [0.5, 0.6) is 0 Å². The summed E-state index contributed by atoms with van der Waals surface area (Å²) in [5.74, 6) is 0. The predicted octanol–water partition coefficient (Wildman–Crippen LogP) is 4.53. The molecule has 0 aliphatic rings. The van der Waals surface area contributed by atoms with Gasteiger partial charge in [-0.05, 0) is 48.3 Å². The summed E-state index contributed by atoms with van der Waals surface area (Å²) in [6, 6.07) is 2.24. The highest BCUT2D eigenvalue weighted by Crippen LogP contribution is 2.33. The largest absolute Gasteiger partial charge is 0.375 e. The summed E-state index contributed by atoms with van der Waals surface area (Å²) in [6.45, 7) is 4.93. The second kappa shape index (κ2) is 9.00. The van der Waals surface area contributed by atoms with E-state index in [1.54, 1.807) is 11.3 Å². The molecule has 0 amide bonds. The van der Waals surface area contributed by atoms with E-state index in [0.717, 1.165) is 17.4 Å². The minimum Gasteiger partial charge on any atom is -0.375 e. The van der Waals surface area contributed by atoms with Crippen molar-refractivity contribution in [1.29, 1.82) is 0 Å². The number of rotatable bonds is 9. The van der Waals surface area contributed by atoms with E-state index in [0.29, 0.717) is 13.0 Å². The molecule has 0 aliphatic heterocycles. The molecule has 1 atom stereocenters. The second-order valence-electron chi connectivity index (χ2n) is 4.33. The monoisotopic (exact) mass is 355 g/mol. The van der Waals surface area contributed by atoms with Crippen LogP contribution in [0, 0.1) is 6.92 Å². The van der Waals surface area contributed by atoms with E-state index in [9.17, 15) is 8.78 Å². The minimum absolute atomic E-state index is 0.158. The van der Waals surface area contributed by atoms with Crippen LogP contribution in [-0.4, -0.2) is 26.2 Å². The standard InChI is InChI=1S/C13H20BrF2NOS/c1-3-5-17-11(4-6-18-8-12(15)16)13-10(14)7-9(2)19-13/h7,11-12,17H,3-6,8H2,1-2H3. The van der Waals surface area contributed by atoms with Crippen molar-refractivity contribution >= 4 is 27.3 Å². The lowest BCUT2D eigenvalue weighted by Crippen LogP contribution is -2.23. The molecule has 1 aromatic heterocycles. The number of alkyl halides is 2. The van der Waals surface area contributed by atoms with E-state index < -0.39 is 13.0 Å². The van der Waals surface area contributed by atoms with Gasteiger partial charge in [-0.25, -0.2) is 8.78 Å². The van der Waals surface area contributed by atoms with E-state index in [1.807, 2.05) is 0 Å². The summed E-state index contributed by atoms with van der Waals surface area (Å²) >= 11 is 5.28. The Labute approximate surface area is 125 Å². The molecule has 0 saturated carbocycles. The number of thiophene rings is 1. The molecule has 1 unspecified atom stereocenters. The third kappa shape index (κ3) is 6.29. The number of hydrogen-bond acceptors (Lipinski definition) is 3. The molecule has 110 valence electrons. The summed E-state index contributed by atoms with van der Waals surface area (Å²) in [4.78, 5) is 2.45. The Morgan fingerprint density at radius 3 is 2.74 bits per heavy atom. The Morgan fingerprint density at radius 2 is 2.21 bits per heavy atom. The van der Waals surface area contributed by atoms with Crippen LogP contribution in [0.25, 0.3) is 0 Å². The first-order valence-corrected chi connectivity index (χ1v) is 8.00. The number of halogens is 3. The fraction of sp³-hybridized carbons (Fsp3) is 0.692. The Balaban J connectivity index is 2.54. The predicted molar refractivity (Wildman–Crippen MR) is 79.2 cm³/mol. The van der Waals surface area contributed by atoms with Crippen LogP contribution in [0.1, 0.15) is 35.6 Å². The van der Waals surface area contributed by atoms with Crippen molar-refractivity contribution in [2.75, 3.05) is 19.8 Å². The van der Waals surface area contributed by atoms with Gasteiger partial charge in [0.15, 0.2) is 0 Å². The first kappa shape index (κ1) is 17.0. The van der Waals surface area contributed by atoms with Gasteiger partial charge in [0.05, 0.1) is 0 Å². The minimum atomic E-state index is -2.39. The molecule has 0 bridgehead atoms. The smallest absolute Gasteiger partial charge is 0.261 e. The Morgan fingerprint density at radius 1 is 1.47 bits per heavy atom. The number of hydrogen-bond donors (Lipinski definition) is 1. The first-order valence-electron chi connectivity index (χ1n) is 6.39. The molecule has 0 radical (unpaired) electrons. The summed E-state index contributed by atoms with van der Waals surface area (Å²) in [5, 5.41) is 3.44. The van der Waals surface area contributed by atoms with Gasteiger partial charge >= 0.3 is 0 Å². The third-order valence-electron chi connectivity index (χ3n) is 2.59. The van der Waals surface area contributed by atoms with Crippen LogP contribution in [0.2, 0.25) is 0 Å². The van der Waals surface area contributed by atoms with Gasteiger partial charge in [0.1, 0.15) is 6.61 Å². The zero-order valence-corrected chi connectivity index (χ0v) is 13.6. The molecule has 1 N–H and O–H groups in total. The fourth-order valence-electron chi connectivity index (χ4n) is 1.76. The molecule has 0 fully saturated rings. The maximum Gasteiger partial charge on any atom is 0.261 e. The highest BCUT2D eigenvalue weighted by atomic mass is 79.9. The molecule has 1 rings (SSSR count). The maximum absolute atomic E-state index is 12.0. The van der Waals surface area contributed by atoms with Crippen LogP contribution in [0.4, 0.5) is 8.78 Å². The highest BCUT2D eigenvalue weighted by molar-refractivity contribution is 9.10. The lowest BCUT2D eigenvalue weighted by Gasteiger charge is -2.18. The van der Waals surface area contributed by atoms with Crippen molar-refractivity contribution < 1.29 is 13.5 Å². The van der Waals surface area contributed by atoms with Crippen LogP contribution >= 0.6 is 27.3 Å². The molecule has 19 heavy (non-hydrogen) atoms. The topological polar surface area (TPSA) is 21.3 Å². The summed E-state index contributed by atoms with van der Waals surface area (Å²) in [7, 11) is 0. The van der Waals surface area contributed by atoms with Gasteiger partial charge in [-0.15, -0.1) is 11.3 Å². The number of nitrogens with one attached hydrogen (secondary N) is 1. The van der Waals surface area contributed by atoms with Gasteiger partial charge < -0.3 is 10.1 Å². The van der Waals surface area contributed by atoms with Crippen molar-refractivity contribution in [3.05, 3.63) is 20.3 Å². The second-order valence-corrected chi connectivity index (χ2v) is 6.47. The van der Waals surface area contributed by atoms with Crippen molar-refractivity contribution in [2.45, 2.75) is 39.2 Å². The quantitative estimate of drug-likeness (QED) is 0.657. The van der Waals surface area contributed by atoms with Gasteiger partial charge in [-0.2, -0.15) is 0 Å². The number of ether oxygens (including phenoxy) is 1. The normalized spacial score (nSPS) is 13.2. The maximum atomic E-state index is 12.0. The lowest BCUT2D eigenvalue weighted by atomic mass is 10.1. The van der Waals surface area contributed by atoms with Crippen molar-refractivity contribution in [3.8, 4) is 0 Å². The molecular weight excluding hydrogens is 336 g/mol. The molecule has 1 aromatic rings. The Bertz CT molecular complexity index is 374. The van der Waals surface area contributed by atoms with Crippen LogP contribution in [0.15, 0.2) is 10.5 Å². The van der Waals surface area contributed by atoms with Gasteiger partial charge in [0.2, 0.25) is 0 Å². The first-order chi connectivity index (χ1) is 9.04. The van der Waals surface area contributed by atoms with Gasteiger partial charge in [-0.1, -0.05) is 6.92 Å². The molecule has 0 spiro atoms. The van der Waals surface area contributed by atoms with Crippen LogP contribution < -0.4 is 5.32 Å². The number of aryl methyl sites for hydroxylation is 1. The van der Waals surface area contributed by atoms with E-state index in [2.05, 4.69) is 41.2 Å². The molecule has 0 aliphatic carbocycles. The molecule has 0 saturated heterocycles. The van der Waals surface area contributed by atoms with Crippen LogP contribution in [-0.2, 0) is 4.74 Å². The van der Waals surface area contributed by atoms with E-state index in [-0.39, 0.29) is 6.04 Å². The van der Waals surface area contributed by atoms with Gasteiger partial charge in [-0.3, -0.25) is 0 Å². The average Bonchev–Trinajstić information content (AvgIpc) is 2.67. The van der Waals surface area contributed by atoms with Crippen LogP contribution in [0.3, 0.4) is 0 Å². The van der Waals surface area contributed by atoms with Crippen molar-refractivity contribution in [3.63, 3.8) is 0 Å². The summed E-state index contributed by atoms with van der Waals surface area (Å²) in [6.07, 6.45) is -0.653. The molecule has 2 nitrogen and oxygen atoms in total. The fourth-order valence-corrected chi connectivity index (χ4v) is 3.79. The highest BCUT2D eigenvalue weighted by Gasteiger charge is 2.16. The summed E-state index contributed by atoms with van der Waals surface area (Å²) in [5.41, 5.74) is 0. The molecule has 1 heterocycles. The Kier molecular flexibility index (Phi) is 8.06. The van der Waals surface area contributed by atoms with Gasteiger partial charge in [0, 0.05) is 26.9 Å². The van der Waals surface area contributed by atoms with Crippen molar-refractivity contribution in [2.24, 2.45) is 0 Å². The van der Waals surface area contributed by atoms with E-state index >= 15 is 0 Å². The van der Waals surface area contributed by atoms with E-state index in [4.69, 9.17) is 4.74 Å². The lowest BCUT2D eigenvalue weighted by molar-refractivity contribution is 0.0144. The Hall–Kier alpha value is -0.0400. The average molecular weight is 356 g/mol. The summed E-state index contributed by atoms with van der Waals surface area (Å²) < 4.78 is 30.1.